The van der Waals surface area contributed by atoms with Crippen molar-refractivity contribution >= 4 is 29.1 Å². The molecule has 0 aliphatic carbocycles. The summed E-state index contributed by atoms with van der Waals surface area (Å²) in [5.74, 6) is 0.730. The van der Waals surface area contributed by atoms with Gasteiger partial charge in [-0.2, -0.15) is 12.6 Å². The van der Waals surface area contributed by atoms with Gasteiger partial charge in [-0.05, 0) is 48.7 Å². The van der Waals surface area contributed by atoms with Gasteiger partial charge >= 0.3 is 0 Å². The number of nitrogens with zero attached hydrogens (tertiary/aromatic N) is 2. The Morgan fingerprint density at radius 2 is 1.65 bits per heavy atom. The summed E-state index contributed by atoms with van der Waals surface area (Å²) in [6, 6.07) is 23.2. The van der Waals surface area contributed by atoms with E-state index < -0.39 is 0 Å². The Morgan fingerprint density at radius 3 is 2.42 bits per heavy atom. The standard InChI is InChI=1S/C26H30N2OS.CH4/c30-20-21-12-14-23(15-13-21)26(25-11-6-9-22-8-2-3-10-24(22)25)27-29-19-7-18-28-16-4-1-5-17-28;/h2-3,6,8-15,30H,1,4-5,7,16-20H2;1H4/b27-26-;. The van der Waals surface area contributed by atoms with E-state index in [1.165, 1.54) is 48.7 Å². The van der Waals surface area contributed by atoms with Gasteiger partial charge in [-0.1, -0.05) is 85.7 Å². The van der Waals surface area contributed by atoms with Crippen molar-refractivity contribution in [1.82, 2.24) is 4.90 Å². The number of hydrogen-bond donors (Lipinski definition) is 1. The minimum atomic E-state index is 0. The van der Waals surface area contributed by atoms with Crippen molar-refractivity contribution in [3.05, 3.63) is 83.4 Å². The summed E-state index contributed by atoms with van der Waals surface area (Å²) in [6.45, 7) is 4.18. The average Bonchev–Trinajstić information content (AvgIpc) is 2.82. The first kappa shape index (κ1) is 23.4. The van der Waals surface area contributed by atoms with Gasteiger partial charge in [-0.15, -0.1) is 0 Å². The van der Waals surface area contributed by atoms with Crippen LogP contribution in [-0.2, 0) is 10.6 Å². The number of fused-ring (bicyclic) bond motifs is 1. The first-order chi connectivity index (χ1) is 14.8. The highest BCUT2D eigenvalue weighted by Crippen LogP contribution is 2.23. The Bertz CT molecular complexity index is 973. The fourth-order valence-electron chi connectivity index (χ4n) is 4.10. The molecule has 0 saturated carbocycles. The molecule has 3 aromatic carbocycles. The van der Waals surface area contributed by atoms with Crippen LogP contribution < -0.4 is 0 Å². The molecular formula is C27H34N2OS. The first-order valence-corrected chi connectivity index (χ1v) is 11.6. The van der Waals surface area contributed by atoms with Crippen LogP contribution in [0.1, 0.15) is 49.8 Å². The molecular weight excluding hydrogens is 400 g/mol. The summed E-state index contributed by atoms with van der Waals surface area (Å²) in [5.41, 5.74) is 4.24. The van der Waals surface area contributed by atoms with Crippen molar-refractivity contribution < 1.29 is 4.84 Å². The Balaban J connectivity index is 0.00000272. The summed E-state index contributed by atoms with van der Waals surface area (Å²) in [5, 5.41) is 7.03. The second-order valence-corrected chi connectivity index (χ2v) is 8.23. The Labute approximate surface area is 192 Å². The lowest BCUT2D eigenvalue weighted by Gasteiger charge is -2.25. The molecule has 1 fully saturated rings. The molecule has 0 N–H and O–H groups in total. The van der Waals surface area contributed by atoms with Gasteiger partial charge in [0.1, 0.15) is 12.3 Å². The van der Waals surface area contributed by atoms with Crippen LogP contribution in [0.25, 0.3) is 10.8 Å². The van der Waals surface area contributed by atoms with E-state index in [1.54, 1.807) is 0 Å². The van der Waals surface area contributed by atoms with Crippen LogP contribution in [0.4, 0.5) is 0 Å². The second-order valence-electron chi connectivity index (χ2n) is 7.91. The number of hydrogen-bond acceptors (Lipinski definition) is 4. The third-order valence-electron chi connectivity index (χ3n) is 5.77. The first-order valence-electron chi connectivity index (χ1n) is 11.0. The van der Waals surface area contributed by atoms with Gasteiger partial charge in [0.25, 0.3) is 0 Å². The molecule has 31 heavy (non-hydrogen) atoms. The zero-order chi connectivity index (χ0) is 20.6. The molecule has 4 heteroatoms. The van der Waals surface area contributed by atoms with E-state index in [1.807, 2.05) is 0 Å². The van der Waals surface area contributed by atoms with Crippen LogP contribution >= 0.6 is 12.6 Å². The highest BCUT2D eigenvalue weighted by Gasteiger charge is 2.13. The number of likely N-dealkylation sites (tertiary alicyclic amines) is 1. The zero-order valence-corrected chi connectivity index (χ0v) is 18.4. The van der Waals surface area contributed by atoms with Crippen molar-refractivity contribution in [1.29, 1.82) is 0 Å². The highest BCUT2D eigenvalue weighted by molar-refractivity contribution is 7.79. The molecule has 0 atom stereocenters. The molecule has 3 aromatic rings. The van der Waals surface area contributed by atoms with Gasteiger partial charge in [0.15, 0.2) is 0 Å². The Hall–Kier alpha value is -2.30. The predicted molar refractivity (Wildman–Crippen MR) is 136 cm³/mol. The summed E-state index contributed by atoms with van der Waals surface area (Å²) < 4.78 is 0. The molecule has 0 radical (unpaired) electrons. The SMILES string of the molecule is C.SCc1ccc(/C(=N/OCCCN2CCCCC2)c2cccc3ccccc23)cc1. The normalized spacial score (nSPS) is 14.9. The van der Waals surface area contributed by atoms with Gasteiger partial charge in [-0.25, -0.2) is 0 Å². The van der Waals surface area contributed by atoms with E-state index in [0.29, 0.717) is 6.61 Å². The maximum absolute atomic E-state index is 5.85. The molecule has 0 bridgehead atoms. The molecule has 3 nitrogen and oxygen atoms in total. The number of thiol groups is 1. The van der Waals surface area contributed by atoms with E-state index in [-0.39, 0.29) is 7.43 Å². The lowest BCUT2D eigenvalue weighted by atomic mass is 9.96. The quantitative estimate of drug-likeness (QED) is 0.188. The summed E-state index contributed by atoms with van der Waals surface area (Å²) >= 11 is 4.38. The fraction of sp³-hybridized carbons (Fsp3) is 0.370. The smallest absolute Gasteiger partial charge is 0.118 e. The minimum absolute atomic E-state index is 0. The average molecular weight is 435 g/mol. The van der Waals surface area contributed by atoms with Gasteiger partial charge in [-0.3, -0.25) is 0 Å². The molecule has 1 aliphatic rings. The second kappa shape index (κ2) is 11.9. The van der Waals surface area contributed by atoms with E-state index >= 15 is 0 Å². The molecule has 0 spiro atoms. The van der Waals surface area contributed by atoms with Crippen molar-refractivity contribution in [3.8, 4) is 0 Å². The van der Waals surface area contributed by atoms with E-state index in [0.717, 1.165) is 35.6 Å². The van der Waals surface area contributed by atoms with Crippen molar-refractivity contribution in [2.45, 2.75) is 38.9 Å². The molecule has 0 amide bonds. The van der Waals surface area contributed by atoms with Gasteiger partial charge in [0, 0.05) is 23.4 Å². The topological polar surface area (TPSA) is 24.8 Å². The van der Waals surface area contributed by atoms with Crippen molar-refractivity contribution in [3.63, 3.8) is 0 Å². The van der Waals surface area contributed by atoms with Crippen LogP contribution in [0, 0.1) is 0 Å². The van der Waals surface area contributed by atoms with Gasteiger partial charge < -0.3 is 9.74 Å². The van der Waals surface area contributed by atoms with E-state index in [4.69, 9.17) is 4.84 Å². The molecule has 0 aromatic heterocycles. The molecule has 164 valence electrons. The Kier molecular flexibility index (Phi) is 8.98. The third-order valence-corrected chi connectivity index (χ3v) is 6.13. The largest absolute Gasteiger partial charge is 0.395 e. The fourth-order valence-corrected chi connectivity index (χ4v) is 4.31. The number of benzene rings is 3. The number of piperidine rings is 1. The molecule has 1 aliphatic heterocycles. The van der Waals surface area contributed by atoms with Crippen molar-refractivity contribution in [2.75, 3.05) is 26.2 Å². The lowest BCUT2D eigenvalue weighted by molar-refractivity contribution is 0.124. The van der Waals surface area contributed by atoms with Gasteiger partial charge in [0.05, 0.1) is 0 Å². The molecule has 0 unspecified atom stereocenters. The number of oxime groups is 1. The molecule has 1 heterocycles. The summed E-state index contributed by atoms with van der Waals surface area (Å²) in [7, 11) is 0. The highest BCUT2D eigenvalue weighted by atomic mass is 32.1. The maximum atomic E-state index is 5.85. The van der Waals surface area contributed by atoms with Crippen LogP contribution in [0.15, 0.2) is 71.9 Å². The summed E-state index contributed by atoms with van der Waals surface area (Å²) in [6.07, 6.45) is 5.03. The lowest BCUT2D eigenvalue weighted by Crippen LogP contribution is -2.31. The third kappa shape index (κ3) is 6.11. The molecule has 4 rings (SSSR count). The van der Waals surface area contributed by atoms with E-state index in [2.05, 4.69) is 89.4 Å². The maximum Gasteiger partial charge on any atom is 0.118 e. The zero-order valence-electron chi connectivity index (χ0n) is 17.5. The van der Waals surface area contributed by atoms with Crippen LogP contribution in [0.2, 0.25) is 0 Å². The number of rotatable bonds is 8. The Morgan fingerprint density at radius 1 is 0.903 bits per heavy atom. The van der Waals surface area contributed by atoms with Crippen LogP contribution in [0.3, 0.4) is 0 Å². The van der Waals surface area contributed by atoms with Crippen LogP contribution in [-0.4, -0.2) is 36.9 Å². The van der Waals surface area contributed by atoms with Crippen molar-refractivity contribution in [2.24, 2.45) is 5.16 Å². The van der Waals surface area contributed by atoms with Gasteiger partial charge in [0.2, 0.25) is 0 Å². The predicted octanol–water partition coefficient (Wildman–Crippen LogP) is 6.55. The minimum Gasteiger partial charge on any atom is -0.395 e. The summed E-state index contributed by atoms with van der Waals surface area (Å²) in [4.78, 5) is 8.39. The van der Waals surface area contributed by atoms with E-state index in [9.17, 15) is 0 Å². The molecule has 1 saturated heterocycles. The van der Waals surface area contributed by atoms with Crippen LogP contribution in [0.5, 0.6) is 0 Å². The monoisotopic (exact) mass is 434 g/mol.